The zero-order chi connectivity index (χ0) is 27.2. The minimum absolute atomic E-state index is 0.183. The average Bonchev–Trinajstić information content (AvgIpc) is 3.21. The molecule has 0 radical (unpaired) electrons. The van der Waals surface area contributed by atoms with E-state index in [-0.39, 0.29) is 30.7 Å². The van der Waals surface area contributed by atoms with Gasteiger partial charge in [-0.2, -0.15) is 0 Å². The maximum Gasteiger partial charge on any atom is 0.410 e. The first-order valence-electron chi connectivity index (χ1n) is 13.2. The van der Waals surface area contributed by atoms with E-state index >= 15 is 0 Å². The number of rotatable bonds is 9. The number of carbonyl (C=O) groups is 2. The van der Waals surface area contributed by atoms with Crippen LogP contribution < -0.4 is 5.73 Å². The van der Waals surface area contributed by atoms with Crippen molar-refractivity contribution in [2.45, 2.75) is 90.4 Å². The van der Waals surface area contributed by atoms with Crippen molar-refractivity contribution in [3.63, 3.8) is 0 Å². The van der Waals surface area contributed by atoms with Crippen LogP contribution in [0.25, 0.3) is 0 Å². The number of likely N-dealkylation sites (tertiary alicyclic amines) is 1. The van der Waals surface area contributed by atoms with Crippen LogP contribution in [0.1, 0.15) is 58.6 Å². The van der Waals surface area contributed by atoms with Crippen molar-refractivity contribution in [2.75, 3.05) is 7.05 Å². The molecule has 0 spiro atoms. The maximum absolute atomic E-state index is 13.5. The molecule has 7 heteroatoms. The highest BCUT2D eigenvalue weighted by Crippen LogP contribution is 2.34. The second-order valence-corrected chi connectivity index (χ2v) is 11.4. The Balaban J connectivity index is 1.91. The van der Waals surface area contributed by atoms with E-state index in [9.17, 15) is 9.59 Å². The van der Waals surface area contributed by atoms with E-state index in [1.807, 2.05) is 81.4 Å². The maximum atomic E-state index is 13.5. The summed E-state index contributed by atoms with van der Waals surface area (Å²) in [4.78, 5) is 30.4. The topological polar surface area (TPSA) is 85.1 Å². The molecule has 2 N–H and O–H groups in total. The Bertz CT molecular complexity index is 1010. The smallest absolute Gasteiger partial charge is 0.410 e. The number of ether oxygens (including phenoxy) is 2. The van der Waals surface area contributed by atoms with E-state index in [1.54, 1.807) is 11.9 Å². The van der Waals surface area contributed by atoms with Crippen molar-refractivity contribution in [2.24, 2.45) is 11.7 Å². The van der Waals surface area contributed by atoms with Gasteiger partial charge < -0.3 is 20.1 Å². The van der Waals surface area contributed by atoms with Gasteiger partial charge in [-0.1, -0.05) is 74.5 Å². The Morgan fingerprint density at radius 1 is 1.03 bits per heavy atom. The predicted octanol–water partition coefficient (Wildman–Crippen LogP) is 4.98. The number of carbonyl (C=O) groups excluding carboxylic acids is 2. The lowest BCUT2D eigenvalue weighted by atomic mass is 9.93. The Morgan fingerprint density at radius 3 is 2.14 bits per heavy atom. The van der Waals surface area contributed by atoms with Crippen molar-refractivity contribution in [3.8, 4) is 0 Å². The predicted molar refractivity (Wildman–Crippen MR) is 146 cm³/mol. The molecule has 1 aliphatic heterocycles. The Hall–Kier alpha value is -2.90. The Labute approximate surface area is 221 Å². The van der Waals surface area contributed by atoms with E-state index in [4.69, 9.17) is 15.2 Å². The molecule has 2 aromatic carbocycles. The lowest BCUT2D eigenvalue weighted by Gasteiger charge is -2.38. The van der Waals surface area contributed by atoms with Crippen molar-refractivity contribution >= 4 is 12.1 Å². The molecule has 37 heavy (non-hydrogen) atoms. The second kappa shape index (κ2) is 12.6. The summed E-state index contributed by atoms with van der Waals surface area (Å²) in [5, 5.41) is 0. The summed E-state index contributed by atoms with van der Waals surface area (Å²) in [5.41, 5.74) is 8.21. The fourth-order valence-corrected chi connectivity index (χ4v) is 5.10. The van der Waals surface area contributed by atoms with Gasteiger partial charge in [-0.3, -0.25) is 9.69 Å². The van der Waals surface area contributed by atoms with Gasteiger partial charge in [-0.25, -0.2) is 4.79 Å². The van der Waals surface area contributed by atoms with E-state index in [1.165, 1.54) is 0 Å². The van der Waals surface area contributed by atoms with Gasteiger partial charge in [0.05, 0.1) is 6.04 Å². The van der Waals surface area contributed by atoms with Crippen LogP contribution in [0.15, 0.2) is 60.7 Å². The lowest BCUT2D eigenvalue weighted by Crippen LogP contribution is -2.56. The van der Waals surface area contributed by atoms with Crippen LogP contribution >= 0.6 is 0 Å². The molecule has 1 unspecified atom stereocenters. The zero-order valence-electron chi connectivity index (χ0n) is 23.1. The highest BCUT2D eigenvalue weighted by Gasteiger charge is 2.50. The van der Waals surface area contributed by atoms with Crippen LogP contribution in [0.4, 0.5) is 4.79 Å². The molecule has 1 heterocycles. The van der Waals surface area contributed by atoms with Gasteiger partial charge in [0.15, 0.2) is 0 Å². The quantitative estimate of drug-likeness (QED) is 0.480. The van der Waals surface area contributed by atoms with Crippen LogP contribution in [0.5, 0.6) is 0 Å². The summed E-state index contributed by atoms with van der Waals surface area (Å²) in [6.07, 6.45) is 0.760. The summed E-state index contributed by atoms with van der Waals surface area (Å²) in [6, 6.07) is 18.3. The SMILES string of the molecule is CC(C)CC(N)[C@H]1[C@H](N(C)C(=O)OCc2ccccc2)C[C@H](C(=O)OC(C)(C)C)N1Cc1ccccc1. The van der Waals surface area contributed by atoms with Crippen LogP contribution in [-0.2, 0) is 27.4 Å². The number of hydrogen-bond donors (Lipinski definition) is 1. The molecule has 1 fully saturated rings. The first-order valence-corrected chi connectivity index (χ1v) is 13.2. The van der Waals surface area contributed by atoms with Crippen LogP contribution in [0, 0.1) is 5.92 Å². The molecular weight excluding hydrogens is 466 g/mol. The first kappa shape index (κ1) is 28.7. The zero-order valence-corrected chi connectivity index (χ0v) is 23.1. The number of amides is 1. The van der Waals surface area contributed by atoms with Gasteiger partial charge in [0.2, 0.25) is 0 Å². The van der Waals surface area contributed by atoms with Gasteiger partial charge in [0.1, 0.15) is 18.2 Å². The van der Waals surface area contributed by atoms with Crippen molar-refractivity contribution in [3.05, 3.63) is 71.8 Å². The standard InChI is InChI=1S/C30H43N3O4/c1-21(2)17-24(31)27-25(32(6)29(35)36-20-23-15-11-8-12-16-23)18-26(28(34)37-30(3,4)5)33(27)19-22-13-9-7-10-14-22/h7-16,21,24-27H,17-20,31H2,1-6H3/t24?,25-,26-,27+/m1/s1. The summed E-state index contributed by atoms with van der Waals surface area (Å²) < 4.78 is 11.5. The largest absolute Gasteiger partial charge is 0.459 e. The third kappa shape index (κ3) is 8.04. The van der Waals surface area contributed by atoms with Gasteiger partial charge in [0.25, 0.3) is 0 Å². The number of hydrogen-bond acceptors (Lipinski definition) is 6. The van der Waals surface area contributed by atoms with Crippen LogP contribution in [0.2, 0.25) is 0 Å². The molecule has 0 aromatic heterocycles. The number of nitrogens with two attached hydrogens (primary N) is 1. The minimum atomic E-state index is -0.621. The van der Waals surface area contributed by atoms with Crippen molar-refractivity contribution < 1.29 is 19.1 Å². The first-order chi connectivity index (χ1) is 17.5. The molecule has 2 aromatic rings. The summed E-state index contributed by atoms with van der Waals surface area (Å²) >= 11 is 0. The summed E-state index contributed by atoms with van der Waals surface area (Å²) in [5.74, 6) is 0.0730. The van der Waals surface area contributed by atoms with Crippen molar-refractivity contribution in [1.29, 1.82) is 0 Å². The molecule has 202 valence electrons. The van der Waals surface area contributed by atoms with Gasteiger partial charge in [-0.15, -0.1) is 0 Å². The molecular formula is C30H43N3O4. The van der Waals surface area contributed by atoms with E-state index in [2.05, 4.69) is 18.7 Å². The lowest BCUT2D eigenvalue weighted by molar-refractivity contribution is -0.161. The minimum Gasteiger partial charge on any atom is -0.459 e. The molecule has 0 aliphatic carbocycles. The van der Waals surface area contributed by atoms with E-state index in [0.717, 1.165) is 17.5 Å². The number of likely N-dealkylation sites (N-methyl/N-ethyl adjacent to an activating group) is 1. The number of esters is 1. The molecule has 3 rings (SSSR count). The Morgan fingerprint density at radius 2 is 1.59 bits per heavy atom. The molecule has 1 aliphatic rings. The molecule has 7 nitrogen and oxygen atoms in total. The van der Waals surface area contributed by atoms with E-state index < -0.39 is 17.7 Å². The summed E-state index contributed by atoms with van der Waals surface area (Å²) in [6.45, 7) is 10.6. The average molecular weight is 510 g/mol. The molecule has 1 amide bonds. The number of nitrogens with zero attached hydrogens (tertiary/aromatic N) is 2. The normalized spacial score (nSPS) is 21.0. The monoisotopic (exact) mass is 509 g/mol. The highest BCUT2D eigenvalue weighted by atomic mass is 16.6. The molecule has 0 saturated carbocycles. The fraction of sp³-hybridized carbons (Fsp3) is 0.533. The van der Waals surface area contributed by atoms with Gasteiger partial charge in [-0.05, 0) is 50.7 Å². The highest BCUT2D eigenvalue weighted by molar-refractivity contribution is 5.77. The fourth-order valence-electron chi connectivity index (χ4n) is 5.10. The summed E-state index contributed by atoms with van der Waals surface area (Å²) in [7, 11) is 1.74. The van der Waals surface area contributed by atoms with Crippen LogP contribution in [0.3, 0.4) is 0 Å². The van der Waals surface area contributed by atoms with Gasteiger partial charge in [0, 0.05) is 25.7 Å². The molecule has 1 saturated heterocycles. The van der Waals surface area contributed by atoms with Crippen LogP contribution in [-0.4, -0.2) is 58.7 Å². The van der Waals surface area contributed by atoms with E-state index in [0.29, 0.717) is 18.9 Å². The second-order valence-electron chi connectivity index (χ2n) is 11.4. The third-order valence-electron chi connectivity index (χ3n) is 6.70. The Kier molecular flexibility index (Phi) is 9.74. The van der Waals surface area contributed by atoms with Crippen molar-refractivity contribution in [1.82, 2.24) is 9.80 Å². The molecule has 0 bridgehead atoms. The number of benzene rings is 2. The third-order valence-corrected chi connectivity index (χ3v) is 6.70. The molecule has 4 atom stereocenters. The van der Waals surface area contributed by atoms with Gasteiger partial charge >= 0.3 is 12.1 Å².